The van der Waals surface area contributed by atoms with E-state index < -0.39 is 0 Å². The molecule has 4 rings (SSSR count). The van der Waals surface area contributed by atoms with E-state index in [1.165, 1.54) is 12.1 Å². The molecular weight excluding hydrogens is 359 g/mol. The van der Waals surface area contributed by atoms with E-state index in [0.717, 1.165) is 22.2 Å². The molecule has 1 N–H and O–H groups in total. The third-order valence-electron chi connectivity index (χ3n) is 4.71. The number of aryl methyl sites for hydroxylation is 2. The van der Waals surface area contributed by atoms with Crippen molar-refractivity contribution in [2.75, 3.05) is 6.54 Å². The van der Waals surface area contributed by atoms with Gasteiger partial charge in [0.2, 0.25) is 0 Å². The number of nitrogens with zero attached hydrogens (tertiary/aromatic N) is 5. The smallest absolute Gasteiger partial charge is 0.251 e. The number of benzene rings is 2. The van der Waals surface area contributed by atoms with Gasteiger partial charge < -0.3 is 9.88 Å². The molecule has 0 aliphatic rings. The maximum Gasteiger partial charge on any atom is 0.251 e. The van der Waals surface area contributed by atoms with Gasteiger partial charge in [-0.25, -0.2) is 4.39 Å². The van der Waals surface area contributed by atoms with E-state index in [1.54, 1.807) is 41.9 Å². The standard InChI is InChI=1S/C20H19FN6O/c1-13-23-24-25-27(13)17-6-3-14(4-7-17)20(28)22-10-9-15-12-26(2)19-8-5-16(21)11-18(15)19/h3-8,11-12H,9-10H2,1-2H3,(H,22,28). The largest absolute Gasteiger partial charge is 0.352 e. The fourth-order valence-electron chi connectivity index (χ4n) is 3.28. The van der Waals surface area contributed by atoms with Crippen molar-refractivity contribution in [1.29, 1.82) is 0 Å². The van der Waals surface area contributed by atoms with Gasteiger partial charge in [0.05, 0.1) is 5.69 Å². The van der Waals surface area contributed by atoms with E-state index in [2.05, 4.69) is 20.8 Å². The summed E-state index contributed by atoms with van der Waals surface area (Å²) in [6.45, 7) is 2.27. The number of halogens is 1. The molecule has 7 nitrogen and oxygen atoms in total. The lowest BCUT2D eigenvalue weighted by Gasteiger charge is -2.06. The molecule has 4 aromatic rings. The maximum absolute atomic E-state index is 13.6. The molecule has 0 spiro atoms. The zero-order valence-electron chi connectivity index (χ0n) is 15.6. The summed E-state index contributed by atoms with van der Waals surface area (Å²) in [5.41, 5.74) is 3.31. The fraction of sp³-hybridized carbons (Fsp3) is 0.200. The second kappa shape index (κ2) is 7.22. The van der Waals surface area contributed by atoms with Crippen molar-refractivity contribution < 1.29 is 9.18 Å². The number of hydrogen-bond donors (Lipinski definition) is 1. The quantitative estimate of drug-likeness (QED) is 0.579. The number of aromatic nitrogens is 5. The molecule has 0 unspecified atom stereocenters. The fourth-order valence-corrected chi connectivity index (χ4v) is 3.28. The van der Waals surface area contributed by atoms with Gasteiger partial charge in [-0.15, -0.1) is 5.10 Å². The van der Waals surface area contributed by atoms with Crippen LogP contribution in [0.15, 0.2) is 48.7 Å². The average Bonchev–Trinajstić information content (AvgIpc) is 3.25. The Hall–Kier alpha value is -3.55. The molecule has 0 saturated carbocycles. The van der Waals surface area contributed by atoms with E-state index in [9.17, 15) is 9.18 Å². The summed E-state index contributed by atoms with van der Waals surface area (Å²) >= 11 is 0. The van der Waals surface area contributed by atoms with Gasteiger partial charge in [0.15, 0.2) is 5.82 Å². The van der Waals surface area contributed by atoms with Gasteiger partial charge in [0.25, 0.3) is 5.91 Å². The summed E-state index contributed by atoms with van der Waals surface area (Å²) in [6.07, 6.45) is 2.59. The second-order valence-corrected chi connectivity index (χ2v) is 6.62. The molecule has 0 bridgehead atoms. The number of nitrogens with one attached hydrogen (secondary N) is 1. The molecule has 142 valence electrons. The van der Waals surface area contributed by atoms with Crippen LogP contribution < -0.4 is 5.32 Å². The minimum absolute atomic E-state index is 0.161. The van der Waals surface area contributed by atoms with Crippen LogP contribution in [0.1, 0.15) is 21.7 Å². The van der Waals surface area contributed by atoms with Crippen LogP contribution in [0.4, 0.5) is 4.39 Å². The number of rotatable bonds is 5. The summed E-state index contributed by atoms with van der Waals surface area (Å²) in [6, 6.07) is 11.8. The first kappa shape index (κ1) is 17.8. The van der Waals surface area contributed by atoms with Gasteiger partial charge >= 0.3 is 0 Å². The highest BCUT2D eigenvalue weighted by molar-refractivity contribution is 5.94. The Kier molecular flexibility index (Phi) is 4.60. The van der Waals surface area contributed by atoms with Gasteiger partial charge in [-0.1, -0.05) is 0 Å². The number of hydrogen-bond acceptors (Lipinski definition) is 4. The van der Waals surface area contributed by atoms with Crippen LogP contribution in [-0.4, -0.2) is 37.2 Å². The third-order valence-corrected chi connectivity index (χ3v) is 4.71. The molecule has 2 aromatic heterocycles. The predicted octanol–water partition coefficient (Wildman–Crippen LogP) is 2.57. The predicted molar refractivity (Wildman–Crippen MR) is 103 cm³/mol. The minimum Gasteiger partial charge on any atom is -0.352 e. The molecule has 28 heavy (non-hydrogen) atoms. The first-order chi connectivity index (χ1) is 13.5. The molecule has 8 heteroatoms. The molecule has 0 aliphatic heterocycles. The zero-order valence-corrected chi connectivity index (χ0v) is 15.6. The van der Waals surface area contributed by atoms with E-state index in [4.69, 9.17) is 0 Å². The lowest BCUT2D eigenvalue weighted by atomic mass is 10.1. The molecule has 0 aliphatic carbocycles. The van der Waals surface area contributed by atoms with Crippen LogP contribution in [0.5, 0.6) is 0 Å². The van der Waals surface area contributed by atoms with Gasteiger partial charge in [0, 0.05) is 36.3 Å². The van der Waals surface area contributed by atoms with Crippen molar-refractivity contribution in [2.24, 2.45) is 7.05 Å². The summed E-state index contributed by atoms with van der Waals surface area (Å²) in [7, 11) is 1.93. The third kappa shape index (κ3) is 3.36. The molecule has 0 fully saturated rings. The van der Waals surface area contributed by atoms with Crippen LogP contribution in [0.2, 0.25) is 0 Å². The van der Waals surface area contributed by atoms with E-state index >= 15 is 0 Å². The monoisotopic (exact) mass is 378 g/mol. The lowest BCUT2D eigenvalue weighted by Crippen LogP contribution is -2.25. The average molecular weight is 378 g/mol. The molecule has 2 heterocycles. The lowest BCUT2D eigenvalue weighted by molar-refractivity contribution is 0.0954. The summed E-state index contributed by atoms with van der Waals surface area (Å²) < 4.78 is 17.1. The van der Waals surface area contributed by atoms with Crippen LogP contribution >= 0.6 is 0 Å². The van der Waals surface area contributed by atoms with Crippen LogP contribution in [0.3, 0.4) is 0 Å². The minimum atomic E-state index is -0.262. The Morgan fingerprint density at radius 2 is 1.96 bits per heavy atom. The zero-order chi connectivity index (χ0) is 19.7. The topological polar surface area (TPSA) is 77.6 Å². The Balaban J connectivity index is 1.41. The number of amides is 1. The summed E-state index contributed by atoms with van der Waals surface area (Å²) in [4.78, 5) is 12.4. The van der Waals surface area contributed by atoms with Gasteiger partial charge in [-0.2, -0.15) is 4.68 Å². The molecule has 0 atom stereocenters. The van der Waals surface area contributed by atoms with Crippen LogP contribution in [0.25, 0.3) is 16.6 Å². The number of fused-ring (bicyclic) bond motifs is 1. The van der Waals surface area contributed by atoms with Crippen molar-refractivity contribution in [3.05, 3.63) is 71.4 Å². The number of carbonyl (C=O) groups is 1. The molecule has 1 amide bonds. The van der Waals surface area contributed by atoms with Gasteiger partial charge in [-0.3, -0.25) is 4.79 Å². The van der Waals surface area contributed by atoms with E-state index in [1.807, 2.05) is 17.8 Å². The number of carbonyl (C=O) groups excluding carboxylic acids is 1. The van der Waals surface area contributed by atoms with Crippen LogP contribution in [0, 0.1) is 12.7 Å². The van der Waals surface area contributed by atoms with Gasteiger partial charge in [0.1, 0.15) is 5.82 Å². The highest BCUT2D eigenvalue weighted by Gasteiger charge is 2.10. The van der Waals surface area contributed by atoms with Crippen molar-refractivity contribution in [2.45, 2.75) is 13.3 Å². The second-order valence-electron chi connectivity index (χ2n) is 6.62. The molecular formula is C20H19FN6O. The Morgan fingerprint density at radius 3 is 2.68 bits per heavy atom. The van der Waals surface area contributed by atoms with Crippen molar-refractivity contribution >= 4 is 16.8 Å². The molecule has 0 radical (unpaired) electrons. The van der Waals surface area contributed by atoms with Crippen molar-refractivity contribution in [3.8, 4) is 5.69 Å². The Morgan fingerprint density at radius 1 is 1.18 bits per heavy atom. The summed E-state index contributed by atoms with van der Waals surface area (Å²) in [5, 5.41) is 15.1. The van der Waals surface area contributed by atoms with Crippen molar-refractivity contribution in [1.82, 2.24) is 30.1 Å². The normalized spacial score (nSPS) is 11.1. The van der Waals surface area contributed by atoms with E-state index in [-0.39, 0.29) is 11.7 Å². The highest BCUT2D eigenvalue weighted by atomic mass is 19.1. The van der Waals surface area contributed by atoms with Crippen LogP contribution in [-0.2, 0) is 13.5 Å². The molecule has 2 aromatic carbocycles. The van der Waals surface area contributed by atoms with E-state index in [0.29, 0.717) is 24.4 Å². The number of tetrazole rings is 1. The van der Waals surface area contributed by atoms with Gasteiger partial charge in [-0.05, 0) is 71.8 Å². The summed E-state index contributed by atoms with van der Waals surface area (Å²) in [5.74, 6) is 0.247. The maximum atomic E-state index is 13.6. The first-order valence-electron chi connectivity index (χ1n) is 8.90. The molecule has 0 saturated heterocycles. The highest BCUT2D eigenvalue weighted by Crippen LogP contribution is 2.22. The SMILES string of the molecule is Cc1nnnn1-c1ccc(C(=O)NCCc2cn(C)c3ccc(F)cc23)cc1. The Labute approximate surface area is 160 Å². The van der Waals surface area contributed by atoms with Crippen molar-refractivity contribution in [3.63, 3.8) is 0 Å². The first-order valence-corrected chi connectivity index (χ1v) is 8.90. The Bertz CT molecular complexity index is 1150.